The molecule has 0 radical (unpaired) electrons. The van der Waals surface area contributed by atoms with Gasteiger partial charge in [0.05, 0.1) is 0 Å². The lowest BCUT2D eigenvalue weighted by Crippen LogP contribution is -2.04. The van der Waals surface area contributed by atoms with Crippen molar-refractivity contribution >= 4 is 17.3 Å². The van der Waals surface area contributed by atoms with Crippen LogP contribution in [-0.4, -0.2) is 0 Å². The highest BCUT2D eigenvalue weighted by molar-refractivity contribution is 5.93. The van der Waals surface area contributed by atoms with E-state index < -0.39 is 0 Å². The van der Waals surface area contributed by atoms with E-state index in [1.54, 1.807) is 0 Å². The average molecular weight is 359 g/mol. The molecule has 1 N–H and O–H groups in total. The van der Waals surface area contributed by atoms with Crippen LogP contribution in [0.25, 0.3) is 28.5 Å². The Morgan fingerprint density at radius 3 is 2.29 bits per heavy atom. The van der Waals surface area contributed by atoms with Crippen molar-refractivity contribution in [3.8, 4) is 11.1 Å². The monoisotopic (exact) mass is 359 g/mol. The summed E-state index contributed by atoms with van der Waals surface area (Å²) in [7, 11) is 0. The highest BCUT2D eigenvalue weighted by Gasteiger charge is 2.18. The van der Waals surface area contributed by atoms with Gasteiger partial charge in [-0.1, -0.05) is 84.9 Å². The highest BCUT2D eigenvalue weighted by atomic mass is 14.8. The summed E-state index contributed by atoms with van der Waals surface area (Å²) >= 11 is 0. The molecule has 1 heterocycles. The summed E-state index contributed by atoms with van der Waals surface area (Å²) in [5, 5.41) is 3.40. The van der Waals surface area contributed by atoms with Gasteiger partial charge in [-0.3, -0.25) is 0 Å². The van der Waals surface area contributed by atoms with Crippen LogP contribution in [0.4, 0.5) is 0 Å². The average Bonchev–Trinajstić information content (AvgIpc) is 3.02. The van der Waals surface area contributed by atoms with Gasteiger partial charge >= 0.3 is 0 Å². The Hall–Kier alpha value is -3.58. The fraction of sp³-hybridized carbons (Fsp3) is 0.0370. The van der Waals surface area contributed by atoms with Crippen LogP contribution in [0.2, 0.25) is 0 Å². The fourth-order valence-corrected chi connectivity index (χ4v) is 3.92. The Bertz CT molecular complexity index is 1130. The molecule has 5 rings (SSSR count). The second-order valence-electron chi connectivity index (χ2n) is 7.14. The molecule has 1 aliphatic carbocycles. The van der Waals surface area contributed by atoms with Crippen LogP contribution in [0.1, 0.15) is 22.3 Å². The number of benzene rings is 3. The molecule has 134 valence electrons. The van der Waals surface area contributed by atoms with Crippen molar-refractivity contribution in [3.05, 3.63) is 126 Å². The van der Waals surface area contributed by atoms with E-state index in [-0.39, 0.29) is 0 Å². The smallest absolute Gasteiger partial charge is 0.0459 e. The zero-order valence-corrected chi connectivity index (χ0v) is 15.6. The largest absolute Gasteiger partial charge is 0.361 e. The van der Waals surface area contributed by atoms with E-state index in [2.05, 4.69) is 96.3 Å². The van der Waals surface area contributed by atoms with Crippen LogP contribution in [0, 0.1) is 0 Å². The predicted molar refractivity (Wildman–Crippen MR) is 119 cm³/mol. The number of rotatable bonds is 3. The summed E-state index contributed by atoms with van der Waals surface area (Å²) in [5.41, 5.74) is 10.3. The molecule has 0 aromatic heterocycles. The third-order valence-electron chi connectivity index (χ3n) is 5.37. The highest BCUT2D eigenvalue weighted by Crippen LogP contribution is 2.36. The zero-order chi connectivity index (χ0) is 18.8. The number of allylic oxidation sites excluding steroid dienone is 5. The molecule has 0 amide bonds. The van der Waals surface area contributed by atoms with Crippen molar-refractivity contribution in [2.75, 3.05) is 0 Å². The molecule has 1 heteroatoms. The van der Waals surface area contributed by atoms with Gasteiger partial charge in [-0.15, -0.1) is 0 Å². The Balaban J connectivity index is 1.48. The van der Waals surface area contributed by atoms with Crippen LogP contribution >= 0.6 is 0 Å². The van der Waals surface area contributed by atoms with Crippen LogP contribution < -0.4 is 5.32 Å². The van der Waals surface area contributed by atoms with Gasteiger partial charge in [0.15, 0.2) is 0 Å². The minimum atomic E-state index is 0.979. The van der Waals surface area contributed by atoms with Gasteiger partial charge in [-0.05, 0) is 58.0 Å². The number of hydrogen-bond donors (Lipinski definition) is 1. The maximum absolute atomic E-state index is 3.40. The number of nitrogens with one attached hydrogen (secondary N) is 1. The molecule has 0 fully saturated rings. The third kappa shape index (κ3) is 3.12. The summed E-state index contributed by atoms with van der Waals surface area (Å²) in [6.07, 6.45) is 13.6. The quantitative estimate of drug-likeness (QED) is 0.565. The lowest BCUT2D eigenvalue weighted by Gasteiger charge is -2.11. The molecule has 1 nitrogen and oxygen atoms in total. The van der Waals surface area contributed by atoms with Gasteiger partial charge in [0.2, 0.25) is 0 Å². The van der Waals surface area contributed by atoms with Gasteiger partial charge in [0.1, 0.15) is 0 Å². The Kier molecular flexibility index (Phi) is 4.27. The minimum absolute atomic E-state index is 0.979. The molecule has 0 bridgehead atoms. The molecule has 3 aromatic rings. The van der Waals surface area contributed by atoms with E-state index in [9.17, 15) is 0 Å². The van der Waals surface area contributed by atoms with E-state index in [1.165, 1.54) is 39.0 Å². The Morgan fingerprint density at radius 1 is 0.643 bits per heavy atom. The van der Waals surface area contributed by atoms with Crippen LogP contribution in [0.5, 0.6) is 0 Å². The van der Waals surface area contributed by atoms with Gasteiger partial charge in [0.25, 0.3) is 0 Å². The molecule has 28 heavy (non-hydrogen) atoms. The molecular formula is C27H21N. The molecule has 2 aliphatic rings. The maximum atomic E-state index is 3.40. The molecule has 0 unspecified atom stereocenters. The first-order chi connectivity index (χ1) is 13.9. The first-order valence-corrected chi connectivity index (χ1v) is 9.67. The van der Waals surface area contributed by atoms with E-state index in [4.69, 9.17) is 0 Å². The van der Waals surface area contributed by atoms with Crippen molar-refractivity contribution in [1.29, 1.82) is 0 Å². The van der Waals surface area contributed by atoms with Crippen molar-refractivity contribution in [1.82, 2.24) is 5.32 Å². The standard InChI is InChI=1S/C27H21N/c1-3-8-20(9-4-1)21-13-15-22(16-14-21)24-18-23-10-7-11-25(26(23)19-24)27-12-5-2-6-17-28-27/h1-17,19,28H,18H2. The zero-order valence-electron chi connectivity index (χ0n) is 15.6. The van der Waals surface area contributed by atoms with Crippen molar-refractivity contribution < 1.29 is 0 Å². The van der Waals surface area contributed by atoms with Crippen molar-refractivity contribution in [2.24, 2.45) is 0 Å². The molecule has 0 saturated carbocycles. The Morgan fingerprint density at radius 2 is 1.43 bits per heavy atom. The molecule has 3 aromatic carbocycles. The summed E-state index contributed by atoms with van der Waals surface area (Å²) in [4.78, 5) is 0. The van der Waals surface area contributed by atoms with Crippen LogP contribution in [-0.2, 0) is 6.42 Å². The molecule has 1 aliphatic heterocycles. The van der Waals surface area contributed by atoms with Gasteiger partial charge in [0, 0.05) is 17.5 Å². The third-order valence-corrected chi connectivity index (χ3v) is 5.37. The summed E-state index contributed by atoms with van der Waals surface area (Å²) < 4.78 is 0. The van der Waals surface area contributed by atoms with Crippen molar-refractivity contribution in [2.45, 2.75) is 6.42 Å². The first kappa shape index (κ1) is 16.6. The minimum Gasteiger partial charge on any atom is -0.361 e. The fourth-order valence-electron chi connectivity index (χ4n) is 3.92. The van der Waals surface area contributed by atoms with Crippen LogP contribution in [0.15, 0.2) is 103 Å². The molecule has 0 spiro atoms. The molecular weight excluding hydrogens is 338 g/mol. The van der Waals surface area contributed by atoms with E-state index in [1.807, 2.05) is 18.4 Å². The van der Waals surface area contributed by atoms with E-state index in [0.29, 0.717) is 0 Å². The SMILES string of the molecule is C1=CC=C(c2cccc3c2C=C(c2ccc(-c4ccccc4)cc2)C3)NC=C1. The van der Waals surface area contributed by atoms with Gasteiger partial charge in [-0.25, -0.2) is 0 Å². The second kappa shape index (κ2) is 7.21. The lowest BCUT2D eigenvalue weighted by molar-refractivity contribution is 1.21. The molecule has 0 saturated heterocycles. The predicted octanol–water partition coefficient (Wildman–Crippen LogP) is 6.46. The second-order valence-corrected chi connectivity index (χ2v) is 7.14. The van der Waals surface area contributed by atoms with E-state index in [0.717, 1.165) is 12.1 Å². The van der Waals surface area contributed by atoms with Gasteiger partial charge in [-0.2, -0.15) is 0 Å². The van der Waals surface area contributed by atoms with E-state index >= 15 is 0 Å². The Labute approximate surface area is 166 Å². The number of hydrogen-bond acceptors (Lipinski definition) is 1. The van der Waals surface area contributed by atoms with Crippen LogP contribution in [0.3, 0.4) is 0 Å². The lowest BCUT2D eigenvalue weighted by atomic mass is 9.99. The normalized spacial score (nSPS) is 14.7. The van der Waals surface area contributed by atoms with Gasteiger partial charge < -0.3 is 5.32 Å². The maximum Gasteiger partial charge on any atom is 0.0459 e. The summed E-state index contributed by atoms with van der Waals surface area (Å²) in [5.74, 6) is 0. The first-order valence-electron chi connectivity index (χ1n) is 9.67. The van der Waals surface area contributed by atoms with Crippen molar-refractivity contribution in [3.63, 3.8) is 0 Å². The summed E-state index contributed by atoms with van der Waals surface area (Å²) in [6, 6.07) is 26.1. The topological polar surface area (TPSA) is 12.0 Å². The number of fused-ring (bicyclic) bond motifs is 1. The summed E-state index contributed by atoms with van der Waals surface area (Å²) in [6.45, 7) is 0. The molecule has 0 atom stereocenters.